The quantitative estimate of drug-likeness (QED) is 0.627. The highest BCUT2D eigenvalue weighted by Gasteiger charge is 2.31. The summed E-state index contributed by atoms with van der Waals surface area (Å²) in [5, 5.41) is 13.8. The summed E-state index contributed by atoms with van der Waals surface area (Å²) in [7, 11) is 0. The van der Waals surface area contributed by atoms with Gasteiger partial charge in [-0.25, -0.2) is 4.39 Å². The number of carbonyl (C=O) groups is 1. The summed E-state index contributed by atoms with van der Waals surface area (Å²) in [4.78, 5) is 13.5. The molecule has 1 fully saturated rings. The summed E-state index contributed by atoms with van der Waals surface area (Å²) in [6.45, 7) is 1.82. The van der Waals surface area contributed by atoms with Crippen LogP contribution in [0.3, 0.4) is 0 Å². The lowest BCUT2D eigenvalue weighted by Gasteiger charge is -2.13. The Morgan fingerprint density at radius 2 is 2.19 bits per heavy atom. The number of aromatic nitrogens is 3. The molecule has 1 aliphatic rings. The van der Waals surface area contributed by atoms with Gasteiger partial charge < -0.3 is 5.32 Å². The fourth-order valence-electron chi connectivity index (χ4n) is 2.61. The van der Waals surface area contributed by atoms with Gasteiger partial charge in [0.2, 0.25) is 5.91 Å². The van der Waals surface area contributed by atoms with Gasteiger partial charge in [0.25, 0.3) is 0 Å². The second-order valence-corrected chi connectivity index (χ2v) is 8.40. The lowest BCUT2D eigenvalue weighted by molar-refractivity contribution is -0.115. The molecule has 0 saturated heterocycles. The molecule has 26 heavy (non-hydrogen) atoms. The van der Waals surface area contributed by atoms with Gasteiger partial charge in [-0.3, -0.25) is 9.36 Å². The van der Waals surface area contributed by atoms with Crippen molar-refractivity contribution in [3.05, 3.63) is 47.6 Å². The van der Waals surface area contributed by atoms with Crippen molar-refractivity contribution in [1.29, 1.82) is 0 Å². The Morgan fingerprint density at radius 3 is 2.88 bits per heavy atom. The number of nitrogens with zero attached hydrogens (tertiary/aromatic N) is 3. The largest absolute Gasteiger partial charge is 0.325 e. The average molecular weight is 388 g/mol. The van der Waals surface area contributed by atoms with Crippen LogP contribution in [-0.4, -0.2) is 25.9 Å². The molecule has 1 atom stereocenters. The van der Waals surface area contributed by atoms with Gasteiger partial charge in [0.1, 0.15) is 5.82 Å². The Morgan fingerprint density at radius 1 is 1.35 bits per heavy atom. The van der Waals surface area contributed by atoms with Gasteiger partial charge in [-0.15, -0.1) is 21.5 Å². The van der Waals surface area contributed by atoms with E-state index in [1.807, 2.05) is 24.4 Å². The van der Waals surface area contributed by atoms with Gasteiger partial charge in [0.15, 0.2) is 11.0 Å². The first-order chi connectivity index (χ1) is 12.6. The molecular formula is C18H17FN4OS2. The van der Waals surface area contributed by atoms with E-state index in [0.29, 0.717) is 11.7 Å². The topological polar surface area (TPSA) is 59.8 Å². The molecule has 0 unspecified atom stereocenters. The molecule has 1 amide bonds. The van der Waals surface area contributed by atoms with Crippen LogP contribution in [0.4, 0.5) is 10.1 Å². The number of rotatable bonds is 6. The first kappa shape index (κ1) is 17.2. The second kappa shape index (κ2) is 7.20. The molecule has 1 N–H and O–H groups in total. The molecule has 8 heteroatoms. The first-order valence-corrected chi connectivity index (χ1v) is 10.1. The van der Waals surface area contributed by atoms with Crippen molar-refractivity contribution in [3.8, 4) is 10.7 Å². The molecule has 0 radical (unpaired) electrons. The normalized spacial score (nSPS) is 15.0. The predicted molar refractivity (Wildman–Crippen MR) is 102 cm³/mol. The van der Waals surface area contributed by atoms with Gasteiger partial charge in [0, 0.05) is 11.7 Å². The molecule has 3 aromatic rings. The lowest BCUT2D eigenvalue weighted by Crippen LogP contribution is -2.23. The number of thiophene rings is 1. The number of anilines is 1. The molecule has 0 bridgehead atoms. The van der Waals surface area contributed by atoms with Crippen molar-refractivity contribution in [2.24, 2.45) is 0 Å². The monoisotopic (exact) mass is 388 g/mol. The number of halogens is 1. The molecule has 4 rings (SSSR count). The molecular weight excluding hydrogens is 371 g/mol. The van der Waals surface area contributed by atoms with Crippen LogP contribution >= 0.6 is 23.1 Å². The Balaban J connectivity index is 1.51. The summed E-state index contributed by atoms with van der Waals surface area (Å²) >= 11 is 3.01. The van der Waals surface area contributed by atoms with Crippen molar-refractivity contribution in [2.75, 3.05) is 5.32 Å². The zero-order chi connectivity index (χ0) is 18.1. The fourth-order valence-corrected chi connectivity index (χ4v) is 4.24. The molecule has 1 aliphatic carbocycles. The number of benzene rings is 1. The third-order valence-corrected chi connectivity index (χ3v) is 5.98. The highest BCUT2D eigenvalue weighted by atomic mass is 32.2. The van der Waals surface area contributed by atoms with Crippen LogP contribution in [0.25, 0.3) is 10.7 Å². The van der Waals surface area contributed by atoms with Gasteiger partial charge in [0.05, 0.1) is 10.1 Å². The standard InChI is InChI=1S/C18H17FN4OS2/c1-11(17(24)20-13-5-2-4-12(19)10-13)26-18-22-21-16(15-6-3-9-25-15)23(18)14-7-8-14/h2-6,9-11,14H,7-8H2,1H3,(H,20,24)/t11-/m0/s1. The maximum Gasteiger partial charge on any atom is 0.237 e. The number of thioether (sulfide) groups is 1. The van der Waals surface area contributed by atoms with Crippen LogP contribution in [0.15, 0.2) is 46.9 Å². The predicted octanol–water partition coefficient (Wildman–Crippen LogP) is 4.60. The van der Waals surface area contributed by atoms with Crippen molar-refractivity contribution in [3.63, 3.8) is 0 Å². The Bertz CT molecular complexity index is 921. The Labute approximate surface area is 158 Å². The van der Waals surface area contributed by atoms with Gasteiger partial charge in [-0.1, -0.05) is 23.9 Å². The maximum absolute atomic E-state index is 13.3. The van der Waals surface area contributed by atoms with Crippen LogP contribution in [0, 0.1) is 5.82 Å². The molecule has 1 aromatic carbocycles. The van der Waals surface area contributed by atoms with E-state index in [-0.39, 0.29) is 17.0 Å². The molecule has 134 valence electrons. The van der Waals surface area contributed by atoms with E-state index in [4.69, 9.17) is 0 Å². The van der Waals surface area contributed by atoms with Crippen LogP contribution in [0.5, 0.6) is 0 Å². The van der Waals surface area contributed by atoms with Gasteiger partial charge in [-0.2, -0.15) is 0 Å². The number of nitrogens with one attached hydrogen (secondary N) is 1. The van der Waals surface area contributed by atoms with E-state index < -0.39 is 0 Å². The molecule has 2 aromatic heterocycles. The summed E-state index contributed by atoms with van der Waals surface area (Å²) < 4.78 is 15.4. The maximum atomic E-state index is 13.3. The SMILES string of the molecule is C[C@H](Sc1nnc(-c2cccs2)n1C1CC1)C(=O)Nc1cccc(F)c1. The zero-order valence-corrected chi connectivity index (χ0v) is 15.7. The minimum absolute atomic E-state index is 0.191. The first-order valence-electron chi connectivity index (χ1n) is 8.33. The van der Waals surface area contributed by atoms with Gasteiger partial charge >= 0.3 is 0 Å². The van der Waals surface area contributed by atoms with E-state index in [1.54, 1.807) is 23.5 Å². The summed E-state index contributed by atoms with van der Waals surface area (Å²) in [5.74, 6) is 0.295. The molecule has 0 spiro atoms. The van der Waals surface area contributed by atoms with Crippen molar-refractivity contribution in [2.45, 2.75) is 36.2 Å². The van der Waals surface area contributed by atoms with Crippen LogP contribution < -0.4 is 5.32 Å². The number of hydrogen-bond donors (Lipinski definition) is 1. The van der Waals surface area contributed by atoms with E-state index >= 15 is 0 Å². The molecule has 1 saturated carbocycles. The summed E-state index contributed by atoms with van der Waals surface area (Å²) in [6, 6.07) is 10.3. The average Bonchev–Trinajstić information content (AvgIpc) is 3.14. The van der Waals surface area contributed by atoms with E-state index in [2.05, 4.69) is 20.1 Å². The smallest absolute Gasteiger partial charge is 0.237 e. The van der Waals surface area contributed by atoms with Crippen molar-refractivity contribution >= 4 is 34.7 Å². The molecule has 0 aliphatic heterocycles. The Hall–Kier alpha value is -2.19. The van der Waals surface area contributed by atoms with Crippen LogP contribution in [0.1, 0.15) is 25.8 Å². The van der Waals surface area contributed by atoms with Crippen LogP contribution in [-0.2, 0) is 4.79 Å². The lowest BCUT2D eigenvalue weighted by atomic mass is 10.3. The third kappa shape index (κ3) is 3.66. The third-order valence-electron chi connectivity index (χ3n) is 4.06. The summed E-state index contributed by atoms with van der Waals surface area (Å²) in [5.41, 5.74) is 0.449. The van der Waals surface area contributed by atoms with Crippen LogP contribution in [0.2, 0.25) is 0 Å². The van der Waals surface area contributed by atoms with Gasteiger partial charge in [-0.05, 0) is 49.4 Å². The highest BCUT2D eigenvalue weighted by molar-refractivity contribution is 8.00. The number of carbonyl (C=O) groups excluding carboxylic acids is 1. The zero-order valence-electron chi connectivity index (χ0n) is 14.1. The summed E-state index contributed by atoms with van der Waals surface area (Å²) in [6.07, 6.45) is 2.21. The second-order valence-electron chi connectivity index (χ2n) is 6.14. The molecule has 5 nitrogen and oxygen atoms in total. The molecule has 2 heterocycles. The van der Waals surface area contributed by atoms with E-state index in [9.17, 15) is 9.18 Å². The minimum Gasteiger partial charge on any atom is -0.325 e. The Kier molecular flexibility index (Phi) is 4.78. The highest BCUT2D eigenvalue weighted by Crippen LogP contribution is 2.42. The number of hydrogen-bond acceptors (Lipinski definition) is 5. The fraction of sp³-hybridized carbons (Fsp3) is 0.278. The van der Waals surface area contributed by atoms with E-state index in [1.165, 1.54) is 23.9 Å². The van der Waals surface area contributed by atoms with Crippen molar-refractivity contribution < 1.29 is 9.18 Å². The van der Waals surface area contributed by atoms with E-state index in [0.717, 1.165) is 28.7 Å². The number of amides is 1. The van der Waals surface area contributed by atoms with Crippen molar-refractivity contribution in [1.82, 2.24) is 14.8 Å². The minimum atomic E-state index is -0.379.